The van der Waals surface area contributed by atoms with Crippen molar-refractivity contribution in [2.24, 2.45) is 0 Å². The van der Waals surface area contributed by atoms with E-state index in [2.05, 4.69) is 0 Å². The Morgan fingerprint density at radius 3 is 1.38 bits per heavy atom. The van der Waals surface area contributed by atoms with E-state index in [9.17, 15) is 27.2 Å². The number of carbonyl (C=O) groups excluding carboxylic acids is 2. The molecule has 0 N–H and O–H groups in total. The lowest BCUT2D eigenvalue weighted by Gasteiger charge is -2.09. The van der Waals surface area contributed by atoms with Crippen LogP contribution in [0.15, 0.2) is 72.8 Å². The lowest BCUT2D eigenvalue weighted by atomic mass is 10.1. The van der Waals surface area contributed by atoms with E-state index in [1.807, 2.05) is 0 Å². The summed E-state index contributed by atoms with van der Waals surface area (Å²) in [6, 6.07) is 14.0. The fourth-order valence-corrected chi connectivity index (χ4v) is 2.96. The van der Waals surface area contributed by atoms with E-state index >= 15 is 0 Å². The van der Waals surface area contributed by atoms with Crippen LogP contribution in [0.4, 0.5) is 17.6 Å². The third kappa shape index (κ3) is 4.44. The lowest BCUT2D eigenvalue weighted by Crippen LogP contribution is -2.11. The first-order valence-corrected chi connectivity index (χ1v) is 9.18. The van der Waals surface area contributed by atoms with Crippen LogP contribution in [-0.2, 0) is 0 Å². The SMILES string of the molecule is O=C(Oc1ccc2ccc(OC(=O)c3ccc(F)cc3F)cc2c1)c1ccc(F)cc1F. The molecule has 4 aromatic rings. The van der Waals surface area contributed by atoms with Gasteiger partial charge in [0.15, 0.2) is 0 Å². The van der Waals surface area contributed by atoms with Gasteiger partial charge in [-0.3, -0.25) is 0 Å². The quantitative estimate of drug-likeness (QED) is 0.228. The third-order valence-corrected chi connectivity index (χ3v) is 4.51. The molecule has 0 amide bonds. The van der Waals surface area contributed by atoms with Crippen molar-refractivity contribution in [2.75, 3.05) is 0 Å². The van der Waals surface area contributed by atoms with Crippen LogP contribution >= 0.6 is 0 Å². The Kier molecular flexibility index (Phi) is 5.59. The second-order valence-electron chi connectivity index (χ2n) is 6.70. The monoisotopic (exact) mass is 440 g/mol. The summed E-state index contributed by atoms with van der Waals surface area (Å²) in [6.07, 6.45) is 0. The largest absolute Gasteiger partial charge is 0.423 e. The van der Waals surface area contributed by atoms with E-state index in [4.69, 9.17) is 9.47 Å². The molecule has 0 aliphatic rings. The maximum atomic E-state index is 13.8. The predicted molar refractivity (Wildman–Crippen MR) is 107 cm³/mol. The van der Waals surface area contributed by atoms with Gasteiger partial charge in [0.05, 0.1) is 11.1 Å². The van der Waals surface area contributed by atoms with E-state index in [1.165, 1.54) is 24.3 Å². The summed E-state index contributed by atoms with van der Waals surface area (Å²) in [5.41, 5.74) is -0.869. The van der Waals surface area contributed by atoms with Crippen LogP contribution in [0.2, 0.25) is 0 Å². The minimum Gasteiger partial charge on any atom is -0.423 e. The first-order valence-electron chi connectivity index (χ1n) is 9.18. The minimum atomic E-state index is -1.06. The van der Waals surface area contributed by atoms with Crippen LogP contribution in [-0.4, -0.2) is 11.9 Å². The highest BCUT2D eigenvalue weighted by Gasteiger charge is 2.17. The molecule has 0 fully saturated rings. The van der Waals surface area contributed by atoms with Gasteiger partial charge in [0.1, 0.15) is 34.8 Å². The zero-order valence-electron chi connectivity index (χ0n) is 16.1. The lowest BCUT2D eigenvalue weighted by molar-refractivity contribution is 0.0720. The molecule has 0 saturated heterocycles. The van der Waals surface area contributed by atoms with Crippen molar-refractivity contribution >= 4 is 22.7 Å². The molecule has 0 atom stereocenters. The summed E-state index contributed by atoms with van der Waals surface area (Å²) in [6.45, 7) is 0. The van der Waals surface area contributed by atoms with E-state index in [1.54, 1.807) is 12.1 Å². The first kappa shape index (κ1) is 21.0. The van der Waals surface area contributed by atoms with Crippen LogP contribution in [0.1, 0.15) is 20.7 Å². The van der Waals surface area contributed by atoms with Crippen molar-refractivity contribution in [2.45, 2.75) is 0 Å². The number of rotatable bonds is 4. The summed E-state index contributed by atoms with van der Waals surface area (Å²) < 4.78 is 63.9. The number of halogens is 4. The zero-order chi connectivity index (χ0) is 22.8. The molecule has 160 valence electrons. The fraction of sp³-hybridized carbons (Fsp3) is 0. The highest BCUT2D eigenvalue weighted by Crippen LogP contribution is 2.27. The van der Waals surface area contributed by atoms with Crippen molar-refractivity contribution in [1.82, 2.24) is 0 Å². The molecule has 0 spiro atoms. The van der Waals surface area contributed by atoms with Crippen LogP contribution in [0.5, 0.6) is 11.5 Å². The zero-order valence-corrected chi connectivity index (χ0v) is 16.1. The maximum Gasteiger partial charge on any atom is 0.346 e. The molecule has 0 heterocycles. The molecular weight excluding hydrogens is 428 g/mol. The van der Waals surface area contributed by atoms with Gasteiger partial charge in [-0.25, -0.2) is 27.2 Å². The third-order valence-electron chi connectivity index (χ3n) is 4.51. The highest BCUT2D eigenvalue weighted by molar-refractivity contribution is 5.94. The Morgan fingerprint density at radius 1 is 0.531 bits per heavy atom. The minimum absolute atomic E-state index is 0.0688. The summed E-state index contributed by atoms with van der Waals surface area (Å²) in [5.74, 6) is -5.67. The van der Waals surface area contributed by atoms with Gasteiger partial charge < -0.3 is 9.47 Å². The summed E-state index contributed by atoms with van der Waals surface area (Å²) >= 11 is 0. The molecule has 0 radical (unpaired) electrons. The smallest absolute Gasteiger partial charge is 0.346 e. The summed E-state index contributed by atoms with van der Waals surface area (Å²) in [4.78, 5) is 24.4. The Morgan fingerprint density at radius 2 is 0.969 bits per heavy atom. The van der Waals surface area contributed by atoms with Gasteiger partial charge in [0.25, 0.3) is 0 Å². The number of hydrogen-bond acceptors (Lipinski definition) is 4. The van der Waals surface area contributed by atoms with Crippen molar-refractivity contribution in [3.05, 3.63) is 107 Å². The second kappa shape index (κ2) is 8.50. The molecule has 4 rings (SSSR count). The van der Waals surface area contributed by atoms with Gasteiger partial charge in [-0.1, -0.05) is 12.1 Å². The van der Waals surface area contributed by atoms with E-state index in [-0.39, 0.29) is 11.5 Å². The fourth-order valence-electron chi connectivity index (χ4n) is 2.96. The maximum absolute atomic E-state index is 13.8. The molecule has 0 aliphatic heterocycles. The van der Waals surface area contributed by atoms with Crippen LogP contribution in [0.3, 0.4) is 0 Å². The van der Waals surface area contributed by atoms with Gasteiger partial charge in [0.2, 0.25) is 0 Å². The molecule has 0 unspecified atom stereocenters. The van der Waals surface area contributed by atoms with Gasteiger partial charge in [-0.2, -0.15) is 0 Å². The molecule has 0 bridgehead atoms. The van der Waals surface area contributed by atoms with Gasteiger partial charge in [-0.05, 0) is 59.3 Å². The molecule has 0 aromatic heterocycles. The van der Waals surface area contributed by atoms with E-state index in [0.717, 1.165) is 24.3 Å². The molecule has 8 heteroatoms. The molecule has 4 aromatic carbocycles. The van der Waals surface area contributed by atoms with Crippen LogP contribution in [0, 0.1) is 23.3 Å². The molecule has 0 aliphatic carbocycles. The summed E-state index contributed by atoms with van der Waals surface area (Å²) in [5, 5.41) is 1.20. The van der Waals surface area contributed by atoms with Gasteiger partial charge in [-0.15, -0.1) is 0 Å². The normalized spacial score (nSPS) is 10.8. The van der Waals surface area contributed by atoms with Crippen molar-refractivity contribution in [1.29, 1.82) is 0 Å². The number of fused-ring (bicyclic) bond motifs is 1. The first-order chi connectivity index (χ1) is 15.3. The topological polar surface area (TPSA) is 52.6 Å². The molecule has 32 heavy (non-hydrogen) atoms. The standard InChI is InChI=1S/C24H12F4O4/c25-15-3-7-19(21(27)11-15)23(29)31-17-5-1-13-2-6-18(10-14(13)9-17)32-24(30)20-8-4-16(26)12-22(20)28/h1-12H. The Balaban J connectivity index is 1.56. The number of hydrogen-bond donors (Lipinski definition) is 0. The number of esters is 2. The van der Waals surface area contributed by atoms with E-state index in [0.29, 0.717) is 22.9 Å². The van der Waals surface area contributed by atoms with Crippen molar-refractivity contribution in [3.8, 4) is 11.5 Å². The van der Waals surface area contributed by atoms with Gasteiger partial charge >= 0.3 is 11.9 Å². The molecular formula is C24H12F4O4. The Hall–Kier alpha value is -4.20. The number of ether oxygens (including phenoxy) is 2. The van der Waals surface area contributed by atoms with Crippen molar-refractivity contribution in [3.63, 3.8) is 0 Å². The van der Waals surface area contributed by atoms with Crippen LogP contribution < -0.4 is 9.47 Å². The molecule has 4 nitrogen and oxygen atoms in total. The van der Waals surface area contributed by atoms with E-state index < -0.39 is 46.3 Å². The predicted octanol–water partition coefficient (Wildman–Crippen LogP) is 5.83. The number of benzene rings is 4. The van der Waals surface area contributed by atoms with Crippen LogP contribution in [0.25, 0.3) is 10.8 Å². The average molecular weight is 440 g/mol. The van der Waals surface area contributed by atoms with Gasteiger partial charge in [0, 0.05) is 12.1 Å². The summed E-state index contributed by atoms with van der Waals surface area (Å²) in [7, 11) is 0. The number of carbonyl (C=O) groups is 2. The average Bonchev–Trinajstić information content (AvgIpc) is 2.73. The van der Waals surface area contributed by atoms with Crippen molar-refractivity contribution < 1.29 is 36.6 Å². The Bertz CT molecular complexity index is 1270. The highest BCUT2D eigenvalue weighted by atomic mass is 19.1. The molecule has 0 saturated carbocycles. The Labute approximate surface area is 178 Å². The second-order valence-corrected chi connectivity index (χ2v) is 6.70.